The van der Waals surface area contributed by atoms with Gasteiger partial charge in [-0.1, -0.05) is 32.6 Å². The first-order valence-electron chi connectivity index (χ1n) is 4.84. The Balaban J connectivity index is 2.35. The predicted molar refractivity (Wildman–Crippen MR) is 46.5 cm³/mol. The Morgan fingerprint density at radius 3 is 2.91 bits per heavy atom. The Hall–Kier alpha value is -0.330. The summed E-state index contributed by atoms with van der Waals surface area (Å²) in [6.45, 7) is 2.19. The average Bonchev–Trinajstić information content (AvgIpc) is 1.96. The van der Waals surface area contributed by atoms with Crippen LogP contribution in [0.25, 0.3) is 0 Å². The molecule has 11 heavy (non-hydrogen) atoms. The van der Waals surface area contributed by atoms with Gasteiger partial charge in [0.15, 0.2) is 0 Å². The molecule has 1 rings (SSSR count). The molecule has 1 nitrogen and oxygen atoms in total. The van der Waals surface area contributed by atoms with E-state index in [-0.39, 0.29) is 0 Å². The van der Waals surface area contributed by atoms with Crippen molar-refractivity contribution in [2.45, 2.75) is 51.9 Å². The van der Waals surface area contributed by atoms with Gasteiger partial charge in [-0.25, -0.2) is 0 Å². The Morgan fingerprint density at radius 1 is 1.36 bits per heavy atom. The summed E-state index contributed by atoms with van der Waals surface area (Å²) >= 11 is 0. The van der Waals surface area contributed by atoms with E-state index in [1.807, 2.05) is 0 Å². The third kappa shape index (κ3) is 3.04. The molecule has 0 unspecified atom stereocenters. The van der Waals surface area contributed by atoms with Crippen LogP contribution in [0, 0.1) is 5.92 Å². The van der Waals surface area contributed by atoms with E-state index in [1.165, 1.54) is 25.7 Å². The molecule has 1 aliphatic carbocycles. The first-order chi connectivity index (χ1) is 5.33. The molecule has 1 saturated carbocycles. The molecule has 64 valence electrons. The van der Waals surface area contributed by atoms with Crippen LogP contribution < -0.4 is 0 Å². The second kappa shape index (κ2) is 4.53. The lowest BCUT2D eigenvalue weighted by molar-refractivity contribution is -0.120. The van der Waals surface area contributed by atoms with Crippen molar-refractivity contribution in [3.8, 4) is 0 Å². The first-order valence-corrected chi connectivity index (χ1v) is 4.84. The second-order valence-corrected chi connectivity index (χ2v) is 3.62. The van der Waals surface area contributed by atoms with Crippen LogP contribution in [-0.4, -0.2) is 5.78 Å². The maximum Gasteiger partial charge on any atom is 0.133 e. The highest BCUT2D eigenvalue weighted by Crippen LogP contribution is 2.22. The minimum Gasteiger partial charge on any atom is -0.300 e. The Kier molecular flexibility index (Phi) is 3.61. The van der Waals surface area contributed by atoms with E-state index in [0.717, 1.165) is 19.3 Å². The van der Waals surface area contributed by atoms with Crippen molar-refractivity contribution >= 4 is 5.78 Å². The van der Waals surface area contributed by atoms with E-state index < -0.39 is 0 Å². The van der Waals surface area contributed by atoms with Crippen molar-refractivity contribution in [3.63, 3.8) is 0 Å². The molecule has 0 radical (unpaired) electrons. The maximum absolute atomic E-state index is 11.2. The zero-order chi connectivity index (χ0) is 8.10. The van der Waals surface area contributed by atoms with Crippen molar-refractivity contribution in [2.24, 2.45) is 5.92 Å². The van der Waals surface area contributed by atoms with E-state index in [1.54, 1.807) is 0 Å². The van der Waals surface area contributed by atoms with Crippen LogP contribution in [0.4, 0.5) is 0 Å². The molecule has 0 amide bonds. The standard InChI is InChI=1S/C10H18O/c1-2-9-6-4-3-5-7-10(11)8-9/h9H,2-8H2,1H3/t9-/m1/s1. The Morgan fingerprint density at radius 2 is 2.18 bits per heavy atom. The van der Waals surface area contributed by atoms with Crippen LogP contribution in [0.1, 0.15) is 51.9 Å². The van der Waals surface area contributed by atoms with Gasteiger partial charge in [0.25, 0.3) is 0 Å². The zero-order valence-corrected chi connectivity index (χ0v) is 7.44. The molecule has 0 bridgehead atoms. The minimum atomic E-state index is 0.497. The normalized spacial score (nSPS) is 27.7. The molecule has 0 aliphatic heterocycles. The average molecular weight is 154 g/mol. The fraction of sp³-hybridized carbons (Fsp3) is 0.900. The number of carbonyl (C=O) groups excluding carboxylic acids is 1. The van der Waals surface area contributed by atoms with E-state index in [9.17, 15) is 4.79 Å². The quantitative estimate of drug-likeness (QED) is 0.567. The summed E-state index contributed by atoms with van der Waals surface area (Å²) in [5.74, 6) is 1.19. The van der Waals surface area contributed by atoms with Gasteiger partial charge in [-0.05, 0) is 12.3 Å². The molecule has 1 fully saturated rings. The predicted octanol–water partition coefficient (Wildman–Crippen LogP) is 2.94. The fourth-order valence-electron chi connectivity index (χ4n) is 1.81. The van der Waals surface area contributed by atoms with Crippen LogP contribution in [0.15, 0.2) is 0 Å². The highest BCUT2D eigenvalue weighted by atomic mass is 16.1. The molecule has 0 aromatic rings. The van der Waals surface area contributed by atoms with Crippen molar-refractivity contribution < 1.29 is 4.79 Å². The SMILES string of the molecule is CC[C@@H]1CCCCCC(=O)C1. The molecule has 0 N–H and O–H groups in total. The van der Waals surface area contributed by atoms with Crippen LogP contribution >= 0.6 is 0 Å². The van der Waals surface area contributed by atoms with E-state index in [4.69, 9.17) is 0 Å². The molecule has 1 heteroatoms. The maximum atomic E-state index is 11.2. The highest BCUT2D eigenvalue weighted by Gasteiger charge is 2.14. The number of Topliss-reactive ketones (excluding diaryl/α,β-unsaturated/α-hetero) is 1. The summed E-state index contributed by atoms with van der Waals surface area (Å²) in [4.78, 5) is 11.2. The summed E-state index contributed by atoms with van der Waals surface area (Å²) in [7, 11) is 0. The zero-order valence-electron chi connectivity index (χ0n) is 7.44. The van der Waals surface area contributed by atoms with E-state index >= 15 is 0 Å². The third-order valence-electron chi connectivity index (χ3n) is 2.66. The van der Waals surface area contributed by atoms with Crippen LogP contribution in [0.5, 0.6) is 0 Å². The first kappa shape index (κ1) is 8.76. The molecule has 1 aliphatic rings. The van der Waals surface area contributed by atoms with Gasteiger partial charge in [-0.3, -0.25) is 4.79 Å². The number of rotatable bonds is 1. The van der Waals surface area contributed by atoms with Gasteiger partial charge in [0, 0.05) is 12.8 Å². The molecular weight excluding hydrogens is 136 g/mol. The smallest absolute Gasteiger partial charge is 0.133 e. The van der Waals surface area contributed by atoms with E-state index in [0.29, 0.717) is 11.7 Å². The van der Waals surface area contributed by atoms with Crippen LogP contribution in [0.2, 0.25) is 0 Å². The summed E-state index contributed by atoms with van der Waals surface area (Å²) in [5, 5.41) is 0. The Bertz CT molecular complexity index is 129. The molecular formula is C10H18O. The van der Waals surface area contributed by atoms with Crippen molar-refractivity contribution in [1.29, 1.82) is 0 Å². The van der Waals surface area contributed by atoms with Crippen molar-refractivity contribution in [3.05, 3.63) is 0 Å². The van der Waals surface area contributed by atoms with Gasteiger partial charge in [0.05, 0.1) is 0 Å². The van der Waals surface area contributed by atoms with Gasteiger partial charge in [0.1, 0.15) is 5.78 Å². The molecule has 0 heterocycles. The minimum absolute atomic E-state index is 0.497. The Labute approximate surface area is 69.2 Å². The van der Waals surface area contributed by atoms with Gasteiger partial charge < -0.3 is 0 Å². The van der Waals surface area contributed by atoms with Crippen LogP contribution in [0.3, 0.4) is 0 Å². The topological polar surface area (TPSA) is 17.1 Å². The summed E-state index contributed by atoms with van der Waals surface area (Å²) in [6, 6.07) is 0. The number of carbonyl (C=O) groups is 1. The molecule has 0 spiro atoms. The lowest BCUT2D eigenvalue weighted by Crippen LogP contribution is -2.10. The number of hydrogen-bond acceptors (Lipinski definition) is 1. The lowest BCUT2D eigenvalue weighted by atomic mass is 9.89. The molecule has 0 aromatic heterocycles. The van der Waals surface area contributed by atoms with Crippen molar-refractivity contribution in [1.82, 2.24) is 0 Å². The molecule has 0 saturated heterocycles. The van der Waals surface area contributed by atoms with Crippen molar-refractivity contribution in [2.75, 3.05) is 0 Å². The largest absolute Gasteiger partial charge is 0.300 e. The molecule has 0 aromatic carbocycles. The summed E-state index contributed by atoms with van der Waals surface area (Å²) in [5.41, 5.74) is 0. The second-order valence-electron chi connectivity index (χ2n) is 3.62. The number of ketones is 1. The lowest BCUT2D eigenvalue weighted by Gasteiger charge is -2.16. The van der Waals surface area contributed by atoms with Gasteiger partial charge in [0.2, 0.25) is 0 Å². The van der Waals surface area contributed by atoms with E-state index in [2.05, 4.69) is 6.92 Å². The monoisotopic (exact) mass is 154 g/mol. The third-order valence-corrected chi connectivity index (χ3v) is 2.66. The van der Waals surface area contributed by atoms with Gasteiger partial charge >= 0.3 is 0 Å². The van der Waals surface area contributed by atoms with Gasteiger partial charge in [-0.2, -0.15) is 0 Å². The van der Waals surface area contributed by atoms with Gasteiger partial charge in [-0.15, -0.1) is 0 Å². The fourth-order valence-corrected chi connectivity index (χ4v) is 1.81. The summed E-state index contributed by atoms with van der Waals surface area (Å²) in [6.07, 6.45) is 7.91. The highest BCUT2D eigenvalue weighted by molar-refractivity contribution is 5.78. The number of hydrogen-bond donors (Lipinski definition) is 0. The van der Waals surface area contributed by atoms with Crippen LogP contribution in [-0.2, 0) is 4.79 Å². The summed E-state index contributed by atoms with van der Waals surface area (Å²) < 4.78 is 0. The molecule has 1 atom stereocenters.